The van der Waals surface area contributed by atoms with E-state index in [0.29, 0.717) is 11.1 Å². The van der Waals surface area contributed by atoms with E-state index in [0.717, 1.165) is 6.08 Å². The number of hydrogen-bond donors (Lipinski definition) is 5. The maximum atomic E-state index is 12.9. The van der Waals surface area contributed by atoms with Crippen molar-refractivity contribution in [3.8, 4) is 17.2 Å². The molecule has 2 aromatic carbocycles. The first-order valence-corrected chi connectivity index (χ1v) is 12.6. The molecule has 4 rings (SSSR count). The van der Waals surface area contributed by atoms with Gasteiger partial charge < -0.3 is 44.2 Å². The smallest absolute Gasteiger partial charge is 0.330 e. The van der Waals surface area contributed by atoms with Crippen molar-refractivity contribution in [3.05, 3.63) is 69.1 Å². The van der Waals surface area contributed by atoms with Crippen molar-refractivity contribution in [3.63, 3.8) is 0 Å². The molecule has 12 heteroatoms. The molecule has 0 amide bonds. The number of esters is 1. The van der Waals surface area contributed by atoms with Gasteiger partial charge in [0.25, 0.3) is 0 Å². The number of carbonyl (C=O) groups excluding carboxylic acids is 2. The summed E-state index contributed by atoms with van der Waals surface area (Å²) in [7, 11) is 1.38. The quantitative estimate of drug-likeness (QED) is 0.194. The number of aliphatic hydroxyl groups is 3. The molecule has 5 N–H and O–H groups in total. The molecular weight excluding hydrogens is 540 g/mol. The minimum Gasteiger partial charge on any atom is -0.507 e. The van der Waals surface area contributed by atoms with Crippen LogP contribution in [-0.4, -0.2) is 75.4 Å². The van der Waals surface area contributed by atoms with E-state index < -0.39 is 54.3 Å². The minimum atomic E-state index is -1.79. The van der Waals surface area contributed by atoms with Gasteiger partial charge in [-0.15, -0.1) is 0 Å². The highest BCUT2D eigenvalue weighted by Crippen LogP contribution is 2.41. The van der Waals surface area contributed by atoms with Gasteiger partial charge in [-0.05, 0) is 49.2 Å². The largest absolute Gasteiger partial charge is 0.507 e. The van der Waals surface area contributed by atoms with Gasteiger partial charge in [0.05, 0.1) is 24.5 Å². The number of hydrogen-bond acceptors (Lipinski definition) is 12. The maximum absolute atomic E-state index is 12.9. The minimum absolute atomic E-state index is 0.0237. The lowest BCUT2D eigenvalue weighted by Gasteiger charge is -2.40. The molecule has 5 atom stereocenters. The summed E-state index contributed by atoms with van der Waals surface area (Å²) in [4.78, 5) is 36.9. The lowest BCUT2D eigenvalue weighted by Crippen LogP contribution is -2.55. The van der Waals surface area contributed by atoms with Crippen molar-refractivity contribution in [2.45, 2.75) is 50.8 Å². The fourth-order valence-electron chi connectivity index (χ4n) is 4.69. The molecule has 1 fully saturated rings. The number of aromatic hydroxyl groups is 2. The number of aliphatic hydroxyl groups excluding tert-OH is 3. The van der Waals surface area contributed by atoms with E-state index >= 15 is 0 Å². The number of aryl methyl sites for hydroxylation is 1. The van der Waals surface area contributed by atoms with Crippen molar-refractivity contribution in [2.75, 3.05) is 13.7 Å². The third-order valence-corrected chi connectivity index (χ3v) is 6.69. The number of rotatable bonds is 8. The van der Waals surface area contributed by atoms with Crippen LogP contribution in [0.1, 0.15) is 35.5 Å². The molecule has 41 heavy (non-hydrogen) atoms. The van der Waals surface area contributed by atoms with Crippen LogP contribution >= 0.6 is 0 Å². The van der Waals surface area contributed by atoms with Crippen LogP contribution in [0, 0.1) is 6.92 Å². The van der Waals surface area contributed by atoms with Gasteiger partial charge in [-0.25, -0.2) is 4.79 Å². The second-order valence-electron chi connectivity index (χ2n) is 9.75. The topological polar surface area (TPSA) is 193 Å². The van der Waals surface area contributed by atoms with Gasteiger partial charge in [0.1, 0.15) is 60.0 Å². The number of fused-ring (bicyclic) bond motifs is 1. The fourth-order valence-corrected chi connectivity index (χ4v) is 4.69. The Bertz CT molecular complexity index is 1560. The number of ether oxygens (including phenoxy) is 3. The van der Waals surface area contributed by atoms with Crippen molar-refractivity contribution in [2.24, 2.45) is 0 Å². The number of benzene rings is 2. The van der Waals surface area contributed by atoms with E-state index in [-0.39, 0.29) is 46.0 Å². The summed E-state index contributed by atoms with van der Waals surface area (Å²) in [6.45, 7) is 2.33. The van der Waals surface area contributed by atoms with Crippen molar-refractivity contribution in [1.29, 1.82) is 0 Å². The van der Waals surface area contributed by atoms with Gasteiger partial charge in [0.15, 0.2) is 16.9 Å². The van der Waals surface area contributed by atoms with Crippen LogP contribution in [0.15, 0.2) is 45.6 Å². The fraction of sp³-hybridized carbons (Fsp3) is 0.345. The number of methoxy groups -OCH3 is 1. The zero-order chi connectivity index (χ0) is 30.0. The average Bonchev–Trinajstić information content (AvgIpc) is 2.91. The molecule has 0 saturated carbocycles. The van der Waals surface area contributed by atoms with Gasteiger partial charge in [0.2, 0.25) is 0 Å². The summed E-state index contributed by atoms with van der Waals surface area (Å²) in [5.74, 6) is -1.38. The Morgan fingerprint density at radius 1 is 1.02 bits per heavy atom. The summed E-state index contributed by atoms with van der Waals surface area (Å²) in [5.41, 5.74) is 0.0666. The molecule has 1 aromatic heterocycles. The predicted molar refractivity (Wildman–Crippen MR) is 144 cm³/mol. The molecule has 0 unspecified atom stereocenters. The van der Waals surface area contributed by atoms with Crippen molar-refractivity contribution < 1.29 is 53.7 Å². The van der Waals surface area contributed by atoms with Crippen LogP contribution in [-0.2, 0) is 25.5 Å². The summed E-state index contributed by atoms with van der Waals surface area (Å²) >= 11 is 0. The van der Waals surface area contributed by atoms with Gasteiger partial charge in [-0.1, -0.05) is 6.07 Å². The second-order valence-corrected chi connectivity index (χ2v) is 9.75. The van der Waals surface area contributed by atoms with Crippen LogP contribution in [0.25, 0.3) is 17.0 Å². The first kappa shape index (κ1) is 29.7. The van der Waals surface area contributed by atoms with E-state index in [1.165, 1.54) is 50.4 Å². The van der Waals surface area contributed by atoms with E-state index in [1.807, 2.05) is 0 Å². The molecule has 0 radical (unpaired) electrons. The maximum Gasteiger partial charge on any atom is 0.330 e. The molecule has 2 heterocycles. The Labute approximate surface area is 233 Å². The second kappa shape index (κ2) is 12.1. The summed E-state index contributed by atoms with van der Waals surface area (Å²) in [6.07, 6.45) is -5.82. The van der Waals surface area contributed by atoms with Gasteiger partial charge in [-0.3, -0.25) is 9.59 Å². The van der Waals surface area contributed by atoms with E-state index in [4.69, 9.17) is 18.6 Å². The summed E-state index contributed by atoms with van der Waals surface area (Å²) < 4.78 is 21.8. The molecule has 0 spiro atoms. The molecule has 0 aliphatic carbocycles. The third kappa shape index (κ3) is 6.25. The highest BCUT2D eigenvalue weighted by Gasteiger charge is 2.46. The monoisotopic (exact) mass is 570 g/mol. The highest BCUT2D eigenvalue weighted by atomic mass is 16.6. The average molecular weight is 571 g/mol. The third-order valence-electron chi connectivity index (χ3n) is 6.69. The van der Waals surface area contributed by atoms with Gasteiger partial charge in [-0.2, -0.15) is 0 Å². The molecule has 12 nitrogen and oxygen atoms in total. The zero-order valence-electron chi connectivity index (χ0n) is 22.4. The first-order valence-electron chi connectivity index (χ1n) is 12.6. The summed E-state index contributed by atoms with van der Waals surface area (Å²) in [5, 5.41) is 52.5. The number of ketones is 1. The van der Waals surface area contributed by atoms with E-state index in [2.05, 4.69) is 0 Å². The number of carbonyl (C=O) groups is 2. The van der Waals surface area contributed by atoms with Gasteiger partial charge >= 0.3 is 5.97 Å². The van der Waals surface area contributed by atoms with Gasteiger partial charge in [0, 0.05) is 12.1 Å². The predicted octanol–water partition coefficient (Wildman–Crippen LogP) is 1.43. The lowest BCUT2D eigenvalue weighted by atomic mass is 9.89. The van der Waals surface area contributed by atoms with Crippen LogP contribution in [0.3, 0.4) is 0 Å². The number of Topliss-reactive ketones (excluding diaryl/α,β-unsaturated/α-hetero) is 1. The molecule has 0 bridgehead atoms. The Balaban J connectivity index is 1.60. The Kier molecular flexibility index (Phi) is 8.78. The van der Waals surface area contributed by atoms with E-state index in [9.17, 15) is 39.9 Å². The van der Waals surface area contributed by atoms with Crippen molar-refractivity contribution >= 4 is 28.8 Å². The van der Waals surface area contributed by atoms with Crippen LogP contribution in [0.4, 0.5) is 0 Å². The molecule has 3 aromatic rings. The van der Waals surface area contributed by atoms with Crippen molar-refractivity contribution in [1.82, 2.24) is 0 Å². The van der Waals surface area contributed by atoms with Crippen LogP contribution in [0.2, 0.25) is 0 Å². The molecule has 218 valence electrons. The summed E-state index contributed by atoms with van der Waals surface area (Å²) in [6, 6.07) is 6.85. The van der Waals surface area contributed by atoms with Crippen LogP contribution in [0.5, 0.6) is 17.2 Å². The van der Waals surface area contributed by atoms with E-state index in [1.54, 1.807) is 6.92 Å². The Morgan fingerprint density at radius 2 is 1.76 bits per heavy atom. The molecule has 1 aliphatic rings. The zero-order valence-corrected chi connectivity index (χ0v) is 22.4. The Hall–Kier alpha value is -4.23. The van der Waals surface area contributed by atoms with Crippen LogP contribution < -0.4 is 10.2 Å². The number of phenols is 2. The molecule has 1 saturated heterocycles. The SMILES string of the molecule is COc1cc(C=CC(=O)OC[C@H]2O[C@H](c3c(O)cc(C)c4c(=O)cc(CC(C)=O)oc34)[C@H](O)[C@@H](O)[C@@H]2O)ccc1O. The molecular formula is C29H30O12. The Morgan fingerprint density at radius 3 is 2.44 bits per heavy atom. The lowest BCUT2D eigenvalue weighted by molar-refractivity contribution is -0.234. The normalized spacial score (nSPS) is 22.6. The number of phenolic OH excluding ortho intramolecular Hbond substituents is 2. The standard InChI is InChI=1S/C29H30O12/c1-13-8-18(32)24(28-23(13)19(33)11-16(40-28)9-14(2)30)29-27(37)26(36)25(35)21(41-29)12-39-22(34)7-5-15-4-6-17(31)20(10-15)38-3/h4-8,10-11,21,25-27,29,31-32,35-37H,9,12H2,1-3H3/t21-,25-,26+,27-,29-/m1/s1. The highest BCUT2D eigenvalue weighted by molar-refractivity contribution is 5.87. The first-order chi connectivity index (χ1) is 19.4. The molecule has 1 aliphatic heterocycles.